The number of nitrogens with zero attached hydrogens (tertiary/aromatic N) is 1. The summed E-state index contributed by atoms with van der Waals surface area (Å²) < 4.78 is 0. The van der Waals surface area contributed by atoms with Gasteiger partial charge in [-0.3, -0.25) is 4.79 Å². The fourth-order valence-electron chi connectivity index (χ4n) is 3.70. The van der Waals surface area contributed by atoms with Crippen LogP contribution in [-0.2, 0) is 5.60 Å². The molecule has 1 saturated heterocycles. The Kier molecular flexibility index (Phi) is 6.62. The maximum Gasteiger partial charge on any atom is 0.170 e. The van der Waals surface area contributed by atoms with Crippen molar-refractivity contribution in [1.82, 2.24) is 4.90 Å². The lowest BCUT2D eigenvalue weighted by Gasteiger charge is -2.44. The van der Waals surface area contributed by atoms with E-state index in [1.54, 1.807) is 0 Å². The molecule has 0 aromatic heterocycles. The minimum atomic E-state index is -1.11. The maximum atomic E-state index is 13.2. The molecule has 0 unspecified atom stereocenters. The first-order valence-corrected chi connectivity index (χ1v) is 9.07. The van der Waals surface area contributed by atoms with Crippen molar-refractivity contribution in [3.63, 3.8) is 0 Å². The molecule has 0 aliphatic carbocycles. The highest BCUT2D eigenvalue weighted by Gasteiger charge is 2.46. The molecule has 1 N–H and O–H groups in total. The third-order valence-corrected chi connectivity index (χ3v) is 5.48. The van der Waals surface area contributed by atoms with Crippen LogP contribution >= 0.6 is 12.4 Å². The molecule has 1 heterocycles. The third kappa shape index (κ3) is 4.01. The van der Waals surface area contributed by atoms with E-state index in [-0.39, 0.29) is 18.2 Å². The number of Topliss-reactive ketones (excluding diaryl/α,β-unsaturated/α-hetero) is 1. The normalized spacial score (nSPS) is 23.3. The fraction of sp³-hybridized carbons (Fsp3) is 0.409. The van der Waals surface area contributed by atoms with Crippen molar-refractivity contribution in [2.75, 3.05) is 19.6 Å². The molecular formula is C22H28ClNO2. The van der Waals surface area contributed by atoms with E-state index in [1.165, 1.54) is 0 Å². The Morgan fingerprint density at radius 3 is 2.15 bits per heavy atom. The topological polar surface area (TPSA) is 40.5 Å². The zero-order valence-electron chi connectivity index (χ0n) is 15.7. The van der Waals surface area contributed by atoms with Crippen LogP contribution in [0, 0.1) is 19.8 Å². The number of hydrogen-bond donors (Lipinski definition) is 1. The summed E-state index contributed by atoms with van der Waals surface area (Å²) >= 11 is 0. The van der Waals surface area contributed by atoms with Crippen LogP contribution < -0.4 is 0 Å². The van der Waals surface area contributed by atoms with E-state index in [1.807, 2.05) is 62.4 Å². The molecule has 140 valence electrons. The molecule has 3 rings (SSSR count). The van der Waals surface area contributed by atoms with Gasteiger partial charge in [-0.15, -0.1) is 12.4 Å². The number of rotatable bonds is 4. The summed E-state index contributed by atoms with van der Waals surface area (Å²) in [7, 11) is 0. The van der Waals surface area contributed by atoms with Crippen LogP contribution in [0.2, 0.25) is 0 Å². The van der Waals surface area contributed by atoms with Crippen LogP contribution in [0.4, 0.5) is 0 Å². The average Bonchev–Trinajstić information content (AvgIpc) is 2.62. The van der Waals surface area contributed by atoms with Gasteiger partial charge >= 0.3 is 0 Å². The van der Waals surface area contributed by atoms with E-state index in [4.69, 9.17) is 0 Å². The van der Waals surface area contributed by atoms with Crippen LogP contribution in [0.25, 0.3) is 0 Å². The molecule has 0 saturated carbocycles. The van der Waals surface area contributed by atoms with Gasteiger partial charge in [-0.05, 0) is 32.4 Å². The molecule has 1 fully saturated rings. The highest BCUT2D eigenvalue weighted by atomic mass is 35.5. The second-order valence-electron chi connectivity index (χ2n) is 7.22. The number of aliphatic hydroxyl groups is 1. The van der Waals surface area contributed by atoms with Crippen molar-refractivity contribution in [2.24, 2.45) is 5.92 Å². The highest BCUT2D eigenvalue weighted by molar-refractivity contribution is 5.99. The van der Waals surface area contributed by atoms with Crippen molar-refractivity contribution in [2.45, 2.75) is 32.8 Å². The van der Waals surface area contributed by atoms with Gasteiger partial charge in [-0.1, -0.05) is 66.6 Å². The second kappa shape index (κ2) is 8.34. The summed E-state index contributed by atoms with van der Waals surface area (Å²) in [5.74, 6) is -0.423. The molecule has 26 heavy (non-hydrogen) atoms. The van der Waals surface area contributed by atoms with E-state index in [2.05, 4.69) is 11.8 Å². The zero-order chi connectivity index (χ0) is 18.0. The van der Waals surface area contributed by atoms with Crippen LogP contribution in [0.15, 0.2) is 48.5 Å². The van der Waals surface area contributed by atoms with Gasteiger partial charge in [0.15, 0.2) is 5.78 Å². The predicted molar refractivity (Wildman–Crippen MR) is 108 cm³/mol. The summed E-state index contributed by atoms with van der Waals surface area (Å²) in [5.41, 5.74) is 2.70. The Morgan fingerprint density at radius 2 is 1.62 bits per heavy atom. The summed E-state index contributed by atoms with van der Waals surface area (Å²) in [4.78, 5) is 15.5. The van der Waals surface area contributed by atoms with Gasteiger partial charge in [-0.2, -0.15) is 0 Å². The number of hydrogen-bond acceptors (Lipinski definition) is 3. The molecule has 2 aromatic rings. The van der Waals surface area contributed by atoms with Gasteiger partial charge in [0.1, 0.15) is 5.60 Å². The Hall–Kier alpha value is -1.68. The highest BCUT2D eigenvalue weighted by Crippen LogP contribution is 2.39. The van der Waals surface area contributed by atoms with Gasteiger partial charge in [0.25, 0.3) is 0 Å². The molecule has 1 aliphatic heterocycles. The number of ketones is 1. The Balaban J connectivity index is 0.00000243. The van der Waals surface area contributed by atoms with E-state index in [0.29, 0.717) is 18.5 Å². The van der Waals surface area contributed by atoms with Gasteiger partial charge in [0.2, 0.25) is 0 Å². The number of carbonyl (C=O) groups excluding carboxylic acids is 1. The summed E-state index contributed by atoms with van der Waals surface area (Å²) in [6.45, 7) is 8.43. The van der Waals surface area contributed by atoms with Crippen molar-refractivity contribution >= 4 is 18.2 Å². The lowest BCUT2D eigenvalue weighted by atomic mass is 9.72. The minimum absolute atomic E-state index is 0. The maximum absolute atomic E-state index is 13.2. The minimum Gasteiger partial charge on any atom is -0.384 e. The number of halogens is 1. The van der Waals surface area contributed by atoms with Crippen LogP contribution in [-0.4, -0.2) is 35.4 Å². The molecule has 2 atom stereocenters. The quantitative estimate of drug-likeness (QED) is 0.819. The molecule has 3 nitrogen and oxygen atoms in total. The Labute approximate surface area is 162 Å². The Bertz CT molecular complexity index is 742. The number of carbonyl (C=O) groups is 1. The molecule has 2 aromatic carbocycles. The lowest BCUT2D eigenvalue weighted by Crippen LogP contribution is -2.53. The first kappa shape index (κ1) is 20.6. The van der Waals surface area contributed by atoms with Gasteiger partial charge in [0, 0.05) is 18.7 Å². The monoisotopic (exact) mass is 373 g/mol. The molecular weight excluding hydrogens is 346 g/mol. The van der Waals surface area contributed by atoms with E-state index >= 15 is 0 Å². The van der Waals surface area contributed by atoms with Crippen LogP contribution in [0.3, 0.4) is 0 Å². The number of likely N-dealkylation sites (tertiary alicyclic amines) is 1. The SMILES string of the molecule is CCN1CC[C@@](O)(c2ccc(C)cc2)[C@H](C(=O)c2ccc(C)cc2)C1.Cl. The van der Waals surface area contributed by atoms with E-state index in [9.17, 15) is 9.90 Å². The molecule has 4 heteroatoms. The number of piperidine rings is 1. The first-order chi connectivity index (χ1) is 11.9. The lowest BCUT2D eigenvalue weighted by molar-refractivity contribution is -0.0632. The van der Waals surface area contributed by atoms with Gasteiger partial charge in [-0.25, -0.2) is 0 Å². The molecule has 0 bridgehead atoms. The van der Waals surface area contributed by atoms with Crippen LogP contribution in [0.1, 0.15) is 40.4 Å². The van der Waals surface area contributed by atoms with E-state index < -0.39 is 11.5 Å². The molecule has 0 radical (unpaired) electrons. The van der Waals surface area contributed by atoms with E-state index in [0.717, 1.165) is 29.8 Å². The predicted octanol–water partition coefficient (Wildman–Crippen LogP) is 4.14. The smallest absolute Gasteiger partial charge is 0.170 e. The standard InChI is InChI=1S/C22H27NO2.ClH/c1-4-23-14-13-22(25,19-11-7-17(3)8-12-19)20(15-23)21(24)18-9-5-16(2)6-10-18;/h5-12,20,25H,4,13-15H2,1-3H3;1H/t20-,22+;/m0./s1. The summed E-state index contributed by atoms with van der Waals surface area (Å²) in [5, 5.41) is 11.5. The molecule has 0 spiro atoms. The summed E-state index contributed by atoms with van der Waals surface area (Å²) in [6, 6.07) is 15.6. The average molecular weight is 374 g/mol. The van der Waals surface area contributed by atoms with Crippen molar-refractivity contribution in [1.29, 1.82) is 0 Å². The van der Waals surface area contributed by atoms with Crippen LogP contribution in [0.5, 0.6) is 0 Å². The number of aryl methyl sites for hydroxylation is 2. The summed E-state index contributed by atoms with van der Waals surface area (Å²) in [6.07, 6.45) is 0.576. The molecule has 1 aliphatic rings. The first-order valence-electron chi connectivity index (χ1n) is 9.07. The third-order valence-electron chi connectivity index (χ3n) is 5.48. The van der Waals surface area contributed by atoms with Crippen molar-refractivity contribution in [3.8, 4) is 0 Å². The van der Waals surface area contributed by atoms with Crippen molar-refractivity contribution in [3.05, 3.63) is 70.8 Å². The Morgan fingerprint density at radius 1 is 1.08 bits per heavy atom. The van der Waals surface area contributed by atoms with Gasteiger partial charge < -0.3 is 10.0 Å². The fourth-order valence-corrected chi connectivity index (χ4v) is 3.70. The van der Waals surface area contributed by atoms with Gasteiger partial charge in [0.05, 0.1) is 5.92 Å². The largest absolute Gasteiger partial charge is 0.384 e. The van der Waals surface area contributed by atoms with Crippen molar-refractivity contribution < 1.29 is 9.90 Å². The number of benzene rings is 2. The molecule has 0 amide bonds. The zero-order valence-corrected chi connectivity index (χ0v) is 16.6. The second-order valence-corrected chi connectivity index (χ2v) is 7.22.